The molecule has 27 heavy (non-hydrogen) atoms. The van der Waals surface area contributed by atoms with Crippen molar-refractivity contribution in [3.05, 3.63) is 69.3 Å². The minimum absolute atomic E-state index is 0.0681. The summed E-state index contributed by atoms with van der Waals surface area (Å²) >= 11 is 11.7. The van der Waals surface area contributed by atoms with Gasteiger partial charge in [-0.25, -0.2) is 0 Å². The van der Waals surface area contributed by atoms with E-state index >= 15 is 0 Å². The van der Waals surface area contributed by atoms with Gasteiger partial charge in [0.1, 0.15) is 11.3 Å². The van der Waals surface area contributed by atoms with Gasteiger partial charge in [0, 0.05) is 17.8 Å². The fourth-order valence-electron chi connectivity index (χ4n) is 2.54. The second-order valence-corrected chi connectivity index (χ2v) is 6.49. The summed E-state index contributed by atoms with van der Waals surface area (Å²) in [6, 6.07) is 8.41. The van der Waals surface area contributed by atoms with Gasteiger partial charge in [-0.15, -0.1) is 0 Å². The number of carbonyl (C=O) groups is 1. The SMILES string of the molecule is O=C(NCc1ccc(Cl)cc1)c1cnc2c(Cl)ccc(C(F)(F)F)c2c1O. The van der Waals surface area contributed by atoms with Crippen molar-refractivity contribution in [3.8, 4) is 5.75 Å². The quantitative estimate of drug-likeness (QED) is 0.619. The highest BCUT2D eigenvalue weighted by Crippen LogP contribution is 2.41. The van der Waals surface area contributed by atoms with Gasteiger partial charge in [0.15, 0.2) is 0 Å². The number of nitrogens with one attached hydrogen (secondary N) is 1. The summed E-state index contributed by atoms with van der Waals surface area (Å²) in [5.74, 6) is -1.60. The van der Waals surface area contributed by atoms with Crippen LogP contribution in [0.1, 0.15) is 21.5 Å². The molecule has 4 nitrogen and oxygen atoms in total. The smallest absolute Gasteiger partial charge is 0.417 e. The van der Waals surface area contributed by atoms with Crippen LogP contribution in [0.2, 0.25) is 10.0 Å². The molecular weight excluding hydrogens is 404 g/mol. The maximum Gasteiger partial charge on any atom is 0.417 e. The van der Waals surface area contributed by atoms with Crippen LogP contribution in [-0.2, 0) is 12.7 Å². The molecule has 3 rings (SSSR count). The lowest BCUT2D eigenvalue weighted by Crippen LogP contribution is -2.23. The molecular formula is C18H11Cl2F3N2O2. The molecule has 1 aromatic heterocycles. The Morgan fingerprint density at radius 2 is 1.78 bits per heavy atom. The third kappa shape index (κ3) is 3.94. The van der Waals surface area contributed by atoms with Crippen molar-refractivity contribution in [3.63, 3.8) is 0 Å². The van der Waals surface area contributed by atoms with Crippen LogP contribution in [-0.4, -0.2) is 16.0 Å². The second-order valence-electron chi connectivity index (χ2n) is 5.65. The lowest BCUT2D eigenvalue weighted by Gasteiger charge is -2.14. The minimum atomic E-state index is -4.75. The lowest BCUT2D eigenvalue weighted by atomic mass is 10.0. The van der Waals surface area contributed by atoms with Crippen molar-refractivity contribution in [1.82, 2.24) is 10.3 Å². The molecule has 0 unspecified atom stereocenters. The first-order chi connectivity index (χ1) is 12.7. The Hall–Kier alpha value is -2.51. The van der Waals surface area contributed by atoms with Crippen molar-refractivity contribution in [2.75, 3.05) is 0 Å². The predicted octanol–water partition coefficient (Wildman–Crippen LogP) is 5.20. The molecule has 0 aliphatic heterocycles. The summed E-state index contributed by atoms with van der Waals surface area (Å²) in [6.45, 7) is 0.0924. The number of aromatic nitrogens is 1. The van der Waals surface area contributed by atoms with Crippen molar-refractivity contribution in [2.24, 2.45) is 0 Å². The standard InChI is InChI=1S/C18H11Cl2F3N2O2/c19-10-3-1-9(2-4-10)7-25-17(27)11-8-24-15-13(20)6-5-12(18(21,22)23)14(15)16(11)26/h1-6,8H,7H2,(H,24,26)(H,25,27). The highest BCUT2D eigenvalue weighted by molar-refractivity contribution is 6.35. The Morgan fingerprint density at radius 3 is 2.41 bits per heavy atom. The molecule has 0 aliphatic carbocycles. The van der Waals surface area contributed by atoms with Crippen molar-refractivity contribution in [1.29, 1.82) is 0 Å². The number of aromatic hydroxyl groups is 1. The number of halogens is 5. The Kier molecular flexibility index (Phi) is 5.17. The van der Waals surface area contributed by atoms with Gasteiger partial charge < -0.3 is 10.4 Å². The fraction of sp³-hybridized carbons (Fsp3) is 0.111. The Morgan fingerprint density at radius 1 is 1.11 bits per heavy atom. The highest BCUT2D eigenvalue weighted by Gasteiger charge is 2.35. The first-order valence-corrected chi connectivity index (χ1v) is 8.34. The fourth-order valence-corrected chi connectivity index (χ4v) is 2.87. The minimum Gasteiger partial charge on any atom is -0.506 e. The first kappa shape index (κ1) is 19.3. The van der Waals surface area contributed by atoms with E-state index < -0.39 is 28.8 Å². The van der Waals surface area contributed by atoms with Crippen molar-refractivity contribution in [2.45, 2.75) is 12.7 Å². The van der Waals surface area contributed by atoms with E-state index in [1.807, 2.05) is 0 Å². The molecule has 1 amide bonds. The van der Waals surface area contributed by atoms with Gasteiger partial charge in [-0.2, -0.15) is 13.2 Å². The van der Waals surface area contributed by atoms with Crippen LogP contribution in [0.5, 0.6) is 5.75 Å². The van der Waals surface area contributed by atoms with E-state index in [9.17, 15) is 23.1 Å². The molecule has 0 fully saturated rings. The van der Waals surface area contributed by atoms with Gasteiger partial charge in [0.05, 0.1) is 21.5 Å². The Labute approximate surface area is 161 Å². The molecule has 1 heterocycles. The molecule has 0 radical (unpaired) electrons. The molecule has 3 aromatic rings. The molecule has 0 atom stereocenters. The van der Waals surface area contributed by atoms with E-state index in [4.69, 9.17) is 23.2 Å². The van der Waals surface area contributed by atoms with E-state index in [1.54, 1.807) is 24.3 Å². The number of fused-ring (bicyclic) bond motifs is 1. The zero-order valence-corrected chi connectivity index (χ0v) is 15.0. The number of benzene rings is 2. The summed E-state index contributed by atoms with van der Waals surface area (Å²) in [7, 11) is 0. The molecule has 0 saturated carbocycles. The summed E-state index contributed by atoms with van der Waals surface area (Å²) < 4.78 is 39.8. The summed E-state index contributed by atoms with van der Waals surface area (Å²) in [4.78, 5) is 16.2. The topological polar surface area (TPSA) is 62.2 Å². The van der Waals surface area contributed by atoms with Crippen LogP contribution in [0.4, 0.5) is 13.2 Å². The number of nitrogens with zero attached hydrogens (tertiary/aromatic N) is 1. The number of hydrogen-bond donors (Lipinski definition) is 2. The van der Waals surface area contributed by atoms with Crippen LogP contribution in [0.15, 0.2) is 42.6 Å². The van der Waals surface area contributed by atoms with Crippen LogP contribution < -0.4 is 5.32 Å². The monoisotopic (exact) mass is 414 g/mol. The number of amides is 1. The van der Waals surface area contributed by atoms with Crippen LogP contribution >= 0.6 is 23.2 Å². The van der Waals surface area contributed by atoms with Crippen LogP contribution in [0, 0.1) is 0 Å². The van der Waals surface area contributed by atoms with Crippen molar-refractivity contribution >= 4 is 40.0 Å². The number of carbonyl (C=O) groups excluding carboxylic acids is 1. The van der Waals surface area contributed by atoms with Crippen LogP contribution in [0.25, 0.3) is 10.9 Å². The van der Waals surface area contributed by atoms with Gasteiger partial charge in [-0.1, -0.05) is 35.3 Å². The lowest BCUT2D eigenvalue weighted by molar-refractivity contribution is -0.136. The molecule has 9 heteroatoms. The first-order valence-electron chi connectivity index (χ1n) is 7.58. The Bertz CT molecular complexity index is 1020. The van der Waals surface area contributed by atoms with Crippen LogP contribution in [0.3, 0.4) is 0 Å². The normalized spacial score (nSPS) is 11.6. The maximum atomic E-state index is 13.3. The molecule has 0 bridgehead atoms. The number of hydrogen-bond acceptors (Lipinski definition) is 3. The Balaban J connectivity index is 1.98. The summed E-state index contributed by atoms with van der Waals surface area (Å²) in [6.07, 6.45) is -3.76. The van der Waals surface area contributed by atoms with E-state index in [0.717, 1.165) is 23.9 Å². The molecule has 2 N–H and O–H groups in total. The van der Waals surface area contributed by atoms with E-state index in [0.29, 0.717) is 5.02 Å². The highest BCUT2D eigenvalue weighted by atomic mass is 35.5. The van der Waals surface area contributed by atoms with E-state index in [-0.39, 0.29) is 22.6 Å². The molecule has 0 saturated heterocycles. The summed E-state index contributed by atoms with van der Waals surface area (Å²) in [5.41, 5.74) is -1.03. The van der Waals surface area contributed by atoms with Gasteiger partial charge in [0.2, 0.25) is 0 Å². The van der Waals surface area contributed by atoms with Gasteiger partial charge in [0.25, 0.3) is 5.91 Å². The third-order valence-electron chi connectivity index (χ3n) is 3.86. The largest absolute Gasteiger partial charge is 0.506 e. The van der Waals surface area contributed by atoms with E-state index in [2.05, 4.69) is 10.3 Å². The molecule has 140 valence electrons. The van der Waals surface area contributed by atoms with Gasteiger partial charge in [-0.3, -0.25) is 9.78 Å². The summed E-state index contributed by atoms with van der Waals surface area (Å²) in [5, 5.41) is 12.7. The number of pyridine rings is 1. The second kappa shape index (κ2) is 7.25. The molecule has 0 aliphatic rings. The molecule has 2 aromatic carbocycles. The predicted molar refractivity (Wildman–Crippen MR) is 96.0 cm³/mol. The maximum absolute atomic E-state index is 13.3. The van der Waals surface area contributed by atoms with Gasteiger partial charge in [-0.05, 0) is 29.8 Å². The third-order valence-corrected chi connectivity index (χ3v) is 4.42. The zero-order chi connectivity index (χ0) is 19.8. The molecule has 0 spiro atoms. The number of alkyl halides is 3. The van der Waals surface area contributed by atoms with Crippen molar-refractivity contribution < 1.29 is 23.1 Å². The number of rotatable bonds is 3. The average molecular weight is 415 g/mol. The van der Waals surface area contributed by atoms with Gasteiger partial charge >= 0.3 is 6.18 Å². The van der Waals surface area contributed by atoms with E-state index in [1.165, 1.54) is 0 Å². The average Bonchev–Trinajstić information content (AvgIpc) is 2.61. The zero-order valence-electron chi connectivity index (χ0n) is 13.4.